The van der Waals surface area contributed by atoms with Gasteiger partial charge in [-0.1, -0.05) is 34.1 Å². The second kappa shape index (κ2) is 6.56. The molecule has 0 saturated heterocycles. The number of nitrogens with one attached hydrogen (secondary N) is 1. The summed E-state index contributed by atoms with van der Waals surface area (Å²) in [5.74, 6) is 0.740. The molecule has 0 heterocycles. The van der Waals surface area contributed by atoms with Crippen molar-refractivity contribution in [1.29, 1.82) is 0 Å². The maximum atomic E-state index is 11.6. The van der Waals surface area contributed by atoms with Crippen LogP contribution in [0.15, 0.2) is 28.7 Å². The lowest BCUT2D eigenvalue weighted by Crippen LogP contribution is -2.43. The van der Waals surface area contributed by atoms with Crippen LogP contribution < -0.4 is 5.32 Å². The van der Waals surface area contributed by atoms with Crippen molar-refractivity contribution in [2.24, 2.45) is 0 Å². The summed E-state index contributed by atoms with van der Waals surface area (Å²) in [6, 6.07) is 8.74. The normalized spacial score (nSPS) is 22.8. The zero-order valence-electron chi connectivity index (χ0n) is 11.8. The molecule has 20 heavy (non-hydrogen) atoms. The predicted molar refractivity (Wildman–Crippen MR) is 85.4 cm³/mol. The zero-order valence-corrected chi connectivity index (χ0v) is 14.2. The van der Waals surface area contributed by atoms with Crippen molar-refractivity contribution in [3.63, 3.8) is 0 Å². The number of hydrogen-bond donors (Lipinski definition) is 1. The fourth-order valence-corrected chi connectivity index (χ4v) is 3.77. The molecule has 0 unspecified atom stereocenters. The van der Waals surface area contributed by atoms with Crippen LogP contribution >= 0.6 is 15.9 Å². The van der Waals surface area contributed by atoms with Gasteiger partial charge < -0.3 is 5.32 Å². The second-order valence-corrected chi connectivity index (χ2v) is 8.60. The lowest BCUT2D eigenvalue weighted by Gasteiger charge is -2.37. The second-order valence-electron chi connectivity index (χ2n) is 5.44. The molecule has 112 valence electrons. The third-order valence-electron chi connectivity index (χ3n) is 3.83. The minimum atomic E-state index is -3.09. The summed E-state index contributed by atoms with van der Waals surface area (Å²) in [5, 5.41) is 3.33. The summed E-state index contributed by atoms with van der Waals surface area (Å²) >= 11 is 3.58. The number of nitrogens with zero attached hydrogens (tertiary/aromatic N) is 1. The number of sulfonamides is 1. The molecule has 0 radical (unpaired) electrons. The molecule has 0 aromatic heterocycles. The van der Waals surface area contributed by atoms with Gasteiger partial charge in [-0.05, 0) is 30.4 Å². The van der Waals surface area contributed by atoms with Gasteiger partial charge in [0, 0.05) is 31.2 Å². The van der Waals surface area contributed by atoms with E-state index < -0.39 is 10.0 Å². The van der Waals surface area contributed by atoms with Gasteiger partial charge in [0.25, 0.3) is 0 Å². The van der Waals surface area contributed by atoms with Crippen LogP contribution in [0.2, 0.25) is 0 Å². The topological polar surface area (TPSA) is 49.4 Å². The summed E-state index contributed by atoms with van der Waals surface area (Å²) in [6.07, 6.45) is 2.15. The summed E-state index contributed by atoms with van der Waals surface area (Å²) in [5.41, 5.74) is 1.35. The Morgan fingerprint density at radius 2 is 1.95 bits per heavy atom. The average Bonchev–Trinajstić information content (AvgIpc) is 2.33. The highest BCUT2D eigenvalue weighted by Crippen LogP contribution is 2.39. The molecule has 0 aliphatic heterocycles. The van der Waals surface area contributed by atoms with Gasteiger partial charge in [0.1, 0.15) is 0 Å². The minimum Gasteiger partial charge on any atom is -0.313 e. The minimum absolute atomic E-state index is 0.163. The fourth-order valence-electron chi connectivity index (χ4n) is 2.42. The first-order valence-corrected chi connectivity index (χ1v) is 9.18. The summed E-state index contributed by atoms with van der Waals surface area (Å²) < 4.78 is 25.7. The molecule has 1 aromatic carbocycles. The van der Waals surface area contributed by atoms with Crippen LogP contribution in [-0.2, 0) is 10.0 Å². The molecule has 1 N–H and O–H groups in total. The smallest absolute Gasteiger partial charge is 0.214 e. The van der Waals surface area contributed by atoms with Crippen LogP contribution in [0.25, 0.3) is 0 Å². The molecule has 1 aliphatic carbocycles. The molecule has 1 aliphatic rings. The molecule has 0 atom stereocenters. The first-order valence-electron chi connectivity index (χ1n) is 6.78. The van der Waals surface area contributed by atoms with Gasteiger partial charge in [0.15, 0.2) is 0 Å². The largest absolute Gasteiger partial charge is 0.313 e. The summed E-state index contributed by atoms with van der Waals surface area (Å²) in [4.78, 5) is 0. The van der Waals surface area contributed by atoms with Gasteiger partial charge in [0.05, 0.1) is 5.75 Å². The van der Waals surface area contributed by atoms with Crippen LogP contribution in [0.5, 0.6) is 0 Å². The van der Waals surface area contributed by atoms with Crippen LogP contribution in [0.3, 0.4) is 0 Å². The molecular formula is C14H21BrN2O2S. The molecule has 2 rings (SSSR count). The fraction of sp³-hybridized carbons (Fsp3) is 0.571. The maximum absolute atomic E-state index is 11.6. The van der Waals surface area contributed by atoms with E-state index in [0.29, 0.717) is 18.5 Å². The van der Waals surface area contributed by atoms with Gasteiger partial charge in [-0.15, -0.1) is 0 Å². The Labute approximate surface area is 129 Å². The Balaban J connectivity index is 1.74. The monoisotopic (exact) mass is 360 g/mol. The van der Waals surface area contributed by atoms with E-state index in [9.17, 15) is 8.42 Å². The van der Waals surface area contributed by atoms with Crippen molar-refractivity contribution in [2.45, 2.75) is 24.8 Å². The Hall–Kier alpha value is -0.430. The van der Waals surface area contributed by atoms with Crippen molar-refractivity contribution >= 4 is 26.0 Å². The Morgan fingerprint density at radius 1 is 1.30 bits per heavy atom. The van der Waals surface area contributed by atoms with E-state index >= 15 is 0 Å². The summed E-state index contributed by atoms with van der Waals surface area (Å²) in [6.45, 7) is 0.522. The molecule has 1 aromatic rings. The first kappa shape index (κ1) is 15.9. The third-order valence-corrected chi connectivity index (χ3v) is 6.39. The van der Waals surface area contributed by atoms with Gasteiger partial charge >= 0.3 is 0 Å². The van der Waals surface area contributed by atoms with E-state index in [-0.39, 0.29) is 5.75 Å². The van der Waals surface area contributed by atoms with Crippen molar-refractivity contribution in [2.75, 3.05) is 26.4 Å². The van der Waals surface area contributed by atoms with Crippen LogP contribution in [-0.4, -0.2) is 45.2 Å². The highest BCUT2D eigenvalue weighted by Gasteiger charge is 2.31. The van der Waals surface area contributed by atoms with E-state index in [1.807, 2.05) is 6.07 Å². The number of benzene rings is 1. The molecule has 0 spiro atoms. The molecule has 1 saturated carbocycles. The van der Waals surface area contributed by atoms with Gasteiger partial charge in [-0.25, -0.2) is 12.7 Å². The van der Waals surface area contributed by atoms with Crippen molar-refractivity contribution in [3.05, 3.63) is 34.3 Å². The Kier molecular flexibility index (Phi) is 5.23. The quantitative estimate of drug-likeness (QED) is 0.845. The Morgan fingerprint density at radius 3 is 2.55 bits per heavy atom. The molecule has 4 nitrogen and oxygen atoms in total. The molecule has 0 amide bonds. The maximum Gasteiger partial charge on any atom is 0.214 e. The van der Waals surface area contributed by atoms with Crippen LogP contribution in [0.1, 0.15) is 24.3 Å². The first-order chi connectivity index (χ1) is 9.40. The van der Waals surface area contributed by atoms with Crippen LogP contribution in [0, 0.1) is 0 Å². The lowest BCUT2D eigenvalue weighted by atomic mass is 9.76. The van der Waals surface area contributed by atoms with E-state index in [1.54, 1.807) is 14.1 Å². The van der Waals surface area contributed by atoms with Gasteiger partial charge in [0.2, 0.25) is 10.0 Å². The molecule has 6 heteroatoms. The predicted octanol–water partition coefficient (Wildman–Crippen LogP) is 2.18. The molecular weight excluding hydrogens is 340 g/mol. The van der Waals surface area contributed by atoms with Gasteiger partial charge in [-0.2, -0.15) is 0 Å². The van der Waals surface area contributed by atoms with E-state index in [4.69, 9.17) is 0 Å². The zero-order chi connectivity index (χ0) is 14.8. The van der Waals surface area contributed by atoms with Crippen molar-refractivity contribution < 1.29 is 8.42 Å². The van der Waals surface area contributed by atoms with E-state index in [0.717, 1.165) is 12.8 Å². The highest BCUT2D eigenvalue weighted by atomic mass is 79.9. The van der Waals surface area contributed by atoms with Crippen LogP contribution in [0.4, 0.5) is 0 Å². The highest BCUT2D eigenvalue weighted by molar-refractivity contribution is 9.10. The average molecular weight is 361 g/mol. The summed E-state index contributed by atoms with van der Waals surface area (Å²) in [7, 11) is 0.0551. The van der Waals surface area contributed by atoms with Crippen molar-refractivity contribution in [1.82, 2.24) is 9.62 Å². The number of rotatable bonds is 6. The van der Waals surface area contributed by atoms with Gasteiger partial charge in [-0.3, -0.25) is 0 Å². The molecule has 0 bridgehead atoms. The van der Waals surface area contributed by atoms with E-state index in [2.05, 4.69) is 39.4 Å². The SMILES string of the molecule is CN(C)S(=O)(=O)CCNC1CC(c2ccccc2Br)C1. The van der Waals surface area contributed by atoms with E-state index in [1.165, 1.54) is 14.3 Å². The number of halogens is 1. The third kappa shape index (κ3) is 3.81. The molecule has 1 fully saturated rings. The Bertz CT molecular complexity index is 554. The number of hydrogen-bond acceptors (Lipinski definition) is 3. The standard InChI is InChI=1S/C14H21BrN2O2S/c1-17(2)20(18,19)8-7-16-12-9-11(10-12)13-5-3-4-6-14(13)15/h3-6,11-12,16H,7-10H2,1-2H3. The lowest BCUT2D eigenvalue weighted by molar-refractivity contribution is 0.295. The van der Waals surface area contributed by atoms with Crippen molar-refractivity contribution in [3.8, 4) is 0 Å².